The molecule has 4 rings (SSSR count). The summed E-state index contributed by atoms with van der Waals surface area (Å²) in [6, 6.07) is 14.4. The summed E-state index contributed by atoms with van der Waals surface area (Å²) in [7, 11) is 5.42. The van der Waals surface area contributed by atoms with Crippen LogP contribution >= 0.6 is 11.3 Å². The van der Waals surface area contributed by atoms with Gasteiger partial charge in [0.25, 0.3) is 0 Å². The van der Waals surface area contributed by atoms with Gasteiger partial charge in [-0.1, -0.05) is 24.3 Å². The standard InChI is InChI=1S/C27H34N4O3S/c1-30-11-13-31(14-12-30)18-21-5-4-6-22(15-21)27-29-23(19-35-27)17-26(32)28-10-9-20-7-8-24(33-2)25(16-20)34-3/h4-8,15-16,19H,9-14,17-18H2,1-3H3,(H,28,32). The van der Waals surface area contributed by atoms with E-state index in [1.807, 2.05) is 23.6 Å². The Morgan fingerprint density at radius 2 is 1.83 bits per heavy atom. The number of carbonyl (C=O) groups is 1. The number of carbonyl (C=O) groups excluding carboxylic acids is 1. The van der Waals surface area contributed by atoms with Gasteiger partial charge in [-0.25, -0.2) is 4.98 Å². The molecule has 1 N–H and O–H groups in total. The number of piperazine rings is 1. The van der Waals surface area contributed by atoms with Gasteiger partial charge in [0, 0.05) is 50.2 Å². The maximum absolute atomic E-state index is 12.5. The number of thiazole rings is 1. The normalized spacial score (nSPS) is 14.6. The number of benzene rings is 2. The highest BCUT2D eigenvalue weighted by Gasteiger charge is 2.15. The number of nitrogens with zero attached hydrogens (tertiary/aromatic N) is 3. The summed E-state index contributed by atoms with van der Waals surface area (Å²) >= 11 is 1.59. The fourth-order valence-electron chi connectivity index (χ4n) is 4.20. The van der Waals surface area contributed by atoms with Crippen LogP contribution in [0.15, 0.2) is 47.8 Å². The molecule has 0 unspecified atom stereocenters. The lowest BCUT2D eigenvalue weighted by atomic mass is 10.1. The minimum absolute atomic E-state index is 0.0221. The minimum atomic E-state index is -0.0221. The summed E-state index contributed by atoms with van der Waals surface area (Å²) < 4.78 is 10.6. The molecule has 0 bridgehead atoms. The van der Waals surface area contributed by atoms with Crippen LogP contribution in [0.2, 0.25) is 0 Å². The number of rotatable bonds is 10. The van der Waals surface area contributed by atoms with E-state index in [0.717, 1.165) is 54.6 Å². The van der Waals surface area contributed by atoms with Gasteiger partial charge in [-0.3, -0.25) is 9.69 Å². The van der Waals surface area contributed by atoms with Gasteiger partial charge < -0.3 is 19.7 Å². The molecule has 1 amide bonds. The maximum Gasteiger partial charge on any atom is 0.226 e. The smallest absolute Gasteiger partial charge is 0.226 e. The Balaban J connectivity index is 1.27. The third-order valence-electron chi connectivity index (χ3n) is 6.25. The van der Waals surface area contributed by atoms with Crippen molar-refractivity contribution in [2.24, 2.45) is 0 Å². The lowest BCUT2D eigenvalue weighted by molar-refractivity contribution is -0.120. The molecule has 2 aromatic carbocycles. The van der Waals surface area contributed by atoms with Gasteiger partial charge in [-0.05, 0) is 42.8 Å². The van der Waals surface area contributed by atoms with E-state index in [-0.39, 0.29) is 12.3 Å². The summed E-state index contributed by atoms with van der Waals surface area (Å²) in [5.74, 6) is 1.37. The second-order valence-electron chi connectivity index (χ2n) is 8.89. The van der Waals surface area contributed by atoms with Gasteiger partial charge in [-0.15, -0.1) is 11.3 Å². The first-order valence-electron chi connectivity index (χ1n) is 12.0. The average Bonchev–Trinajstić information content (AvgIpc) is 3.34. The van der Waals surface area contributed by atoms with Crippen LogP contribution in [0.25, 0.3) is 10.6 Å². The van der Waals surface area contributed by atoms with Crippen molar-refractivity contribution in [3.63, 3.8) is 0 Å². The first kappa shape index (κ1) is 25.2. The Morgan fingerprint density at radius 3 is 2.60 bits per heavy atom. The Labute approximate surface area is 211 Å². The van der Waals surface area contributed by atoms with Gasteiger partial charge in [0.05, 0.1) is 26.3 Å². The summed E-state index contributed by atoms with van der Waals surface area (Å²) in [5.41, 5.74) is 4.30. The molecule has 3 aromatic rings. The fourth-order valence-corrected chi connectivity index (χ4v) is 5.01. The Morgan fingerprint density at radius 1 is 1.03 bits per heavy atom. The van der Waals surface area contributed by atoms with Gasteiger partial charge in [0.15, 0.2) is 11.5 Å². The van der Waals surface area contributed by atoms with Crippen molar-refractivity contribution >= 4 is 17.2 Å². The van der Waals surface area contributed by atoms with E-state index in [2.05, 4.69) is 46.4 Å². The van der Waals surface area contributed by atoms with Crippen molar-refractivity contribution < 1.29 is 14.3 Å². The monoisotopic (exact) mass is 494 g/mol. The van der Waals surface area contributed by atoms with Crippen molar-refractivity contribution in [1.29, 1.82) is 0 Å². The van der Waals surface area contributed by atoms with E-state index in [1.54, 1.807) is 25.6 Å². The molecule has 186 valence electrons. The van der Waals surface area contributed by atoms with Gasteiger partial charge in [0.2, 0.25) is 5.91 Å². The number of methoxy groups -OCH3 is 2. The van der Waals surface area contributed by atoms with Gasteiger partial charge in [-0.2, -0.15) is 0 Å². The van der Waals surface area contributed by atoms with Crippen molar-refractivity contribution in [2.45, 2.75) is 19.4 Å². The molecule has 1 aliphatic rings. The third-order valence-corrected chi connectivity index (χ3v) is 7.19. The lowest BCUT2D eigenvalue weighted by Crippen LogP contribution is -2.43. The van der Waals surface area contributed by atoms with E-state index in [4.69, 9.17) is 14.5 Å². The van der Waals surface area contributed by atoms with E-state index in [9.17, 15) is 4.79 Å². The van der Waals surface area contributed by atoms with Crippen LogP contribution in [-0.4, -0.2) is 74.7 Å². The Hall–Kier alpha value is -2.94. The number of amides is 1. The SMILES string of the molecule is COc1ccc(CCNC(=O)Cc2csc(-c3cccc(CN4CCN(C)CC4)c3)n2)cc1OC. The number of aromatic nitrogens is 1. The highest BCUT2D eigenvalue weighted by Crippen LogP contribution is 2.28. The quantitative estimate of drug-likeness (QED) is 0.466. The number of nitrogens with one attached hydrogen (secondary N) is 1. The van der Waals surface area contributed by atoms with Crippen molar-refractivity contribution in [2.75, 3.05) is 54.0 Å². The molecule has 2 heterocycles. The minimum Gasteiger partial charge on any atom is -0.493 e. The predicted molar refractivity (Wildman–Crippen MR) is 140 cm³/mol. The highest BCUT2D eigenvalue weighted by molar-refractivity contribution is 7.13. The van der Waals surface area contributed by atoms with E-state index >= 15 is 0 Å². The summed E-state index contributed by atoms with van der Waals surface area (Å²) in [6.45, 7) is 5.95. The fraction of sp³-hybridized carbons (Fsp3) is 0.407. The van der Waals surface area contributed by atoms with Crippen molar-refractivity contribution in [1.82, 2.24) is 20.1 Å². The first-order chi connectivity index (χ1) is 17.0. The average molecular weight is 495 g/mol. The van der Waals surface area contributed by atoms with Crippen LogP contribution in [0.4, 0.5) is 0 Å². The number of ether oxygens (including phenoxy) is 2. The molecule has 1 aromatic heterocycles. The van der Waals surface area contributed by atoms with E-state index in [0.29, 0.717) is 24.5 Å². The van der Waals surface area contributed by atoms with Crippen LogP contribution in [0, 0.1) is 0 Å². The molecular formula is C27H34N4O3S. The largest absolute Gasteiger partial charge is 0.493 e. The second kappa shape index (κ2) is 12.2. The van der Waals surface area contributed by atoms with Crippen molar-refractivity contribution in [3.05, 3.63) is 64.7 Å². The molecule has 1 saturated heterocycles. The molecule has 0 aliphatic carbocycles. The van der Waals surface area contributed by atoms with Crippen LogP contribution in [0.5, 0.6) is 11.5 Å². The zero-order chi connectivity index (χ0) is 24.6. The molecule has 1 aliphatic heterocycles. The summed E-state index contributed by atoms with van der Waals surface area (Å²) in [6.07, 6.45) is 0.998. The number of hydrogen-bond acceptors (Lipinski definition) is 7. The van der Waals surface area contributed by atoms with Crippen LogP contribution < -0.4 is 14.8 Å². The molecule has 35 heavy (non-hydrogen) atoms. The predicted octanol–water partition coefficient (Wildman–Crippen LogP) is 3.48. The Bertz CT molecular complexity index is 1130. The molecule has 1 fully saturated rings. The third kappa shape index (κ3) is 7.04. The zero-order valence-corrected chi connectivity index (χ0v) is 21.6. The lowest BCUT2D eigenvalue weighted by Gasteiger charge is -2.32. The zero-order valence-electron chi connectivity index (χ0n) is 20.8. The number of hydrogen-bond donors (Lipinski definition) is 1. The van der Waals surface area contributed by atoms with Gasteiger partial charge in [0.1, 0.15) is 5.01 Å². The second-order valence-corrected chi connectivity index (χ2v) is 9.75. The van der Waals surface area contributed by atoms with Crippen LogP contribution in [0.1, 0.15) is 16.8 Å². The summed E-state index contributed by atoms with van der Waals surface area (Å²) in [5, 5.41) is 5.94. The van der Waals surface area contributed by atoms with Crippen LogP contribution in [-0.2, 0) is 24.2 Å². The first-order valence-corrected chi connectivity index (χ1v) is 12.8. The Kier molecular flexibility index (Phi) is 8.74. The van der Waals surface area contributed by atoms with E-state index < -0.39 is 0 Å². The van der Waals surface area contributed by atoms with Gasteiger partial charge >= 0.3 is 0 Å². The molecule has 8 heteroatoms. The molecule has 0 radical (unpaired) electrons. The molecule has 0 atom stereocenters. The van der Waals surface area contributed by atoms with Crippen LogP contribution in [0.3, 0.4) is 0 Å². The summed E-state index contributed by atoms with van der Waals surface area (Å²) in [4.78, 5) is 22.1. The molecule has 7 nitrogen and oxygen atoms in total. The molecule has 0 spiro atoms. The number of likely N-dealkylation sites (N-methyl/N-ethyl adjacent to an activating group) is 1. The molecular weight excluding hydrogens is 460 g/mol. The highest BCUT2D eigenvalue weighted by atomic mass is 32.1. The van der Waals surface area contributed by atoms with Crippen molar-refractivity contribution in [3.8, 4) is 22.1 Å². The molecule has 0 saturated carbocycles. The topological polar surface area (TPSA) is 66.9 Å². The maximum atomic E-state index is 12.5. The van der Waals surface area contributed by atoms with E-state index in [1.165, 1.54) is 5.56 Å².